The summed E-state index contributed by atoms with van der Waals surface area (Å²) in [6.07, 6.45) is 2.30. The fraction of sp³-hybridized carbons (Fsp3) is 0.714. The summed E-state index contributed by atoms with van der Waals surface area (Å²) in [4.78, 5) is 0. The van der Waals surface area contributed by atoms with E-state index in [1.807, 2.05) is 0 Å². The summed E-state index contributed by atoms with van der Waals surface area (Å²) in [7, 11) is -2.94. The van der Waals surface area contributed by atoms with Crippen molar-refractivity contribution in [3.8, 4) is 0 Å². The summed E-state index contributed by atoms with van der Waals surface area (Å²) in [5.74, 6) is 0.151. The Morgan fingerprint density at radius 2 is 2.33 bits per heavy atom. The molecule has 1 rings (SSSR count). The van der Waals surface area contributed by atoms with Gasteiger partial charge in [-0.2, -0.15) is 0 Å². The molecule has 0 aliphatic carbocycles. The third-order valence-electron chi connectivity index (χ3n) is 1.67. The van der Waals surface area contributed by atoms with Gasteiger partial charge in [-0.1, -0.05) is 6.08 Å². The van der Waals surface area contributed by atoms with E-state index in [0.717, 1.165) is 0 Å². The number of aliphatic hydroxyl groups is 1. The van der Waals surface area contributed by atoms with Gasteiger partial charge in [0.05, 0.1) is 5.75 Å². The minimum atomic E-state index is -2.94. The van der Waals surface area contributed by atoms with E-state index in [-0.39, 0.29) is 18.4 Å². The SMILES string of the molecule is O=S1(=O)C=CC(NCCCO)C1. The molecule has 70 valence electrons. The lowest BCUT2D eigenvalue weighted by Gasteiger charge is -2.07. The lowest BCUT2D eigenvalue weighted by Crippen LogP contribution is -2.31. The molecule has 1 heterocycles. The third-order valence-corrected chi connectivity index (χ3v) is 3.07. The Kier molecular flexibility index (Phi) is 3.25. The number of hydrogen-bond acceptors (Lipinski definition) is 4. The normalized spacial score (nSPS) is 26.2. The van der Waals surface area contributed by atoms with E-state index in [2.05, 4.69) is 5.32 Å². The molecular weight excluding hydrogens is 178 g/mol. The van der Waals surface area contributed by atoms with Crippen LogP contribution in [0.15, 0.2) is 11.5 Å². The van der Waals surface area contributed by atoms with Gasteiger partial charge in [0, 0.05) is 18.1 Å². The predicted octanol–water partition coefficient (Wildman–Crippen LogP) is -0.731. The molecule has 12 heavy (non-hydrogen) atoms. The van der Waals surface area contributed by atoms with Gasteiger partial charge in [0.2, 0.25) is 0 Å². The van der Waals surface area contributed by atoms with E-state index < -0.39 is 9.84 Å². The molecule has 4 nitrogen and oxygen atoms in total. The summed E-state index contributed by atoms with van der Waals surface area (Å²) >= 11 is 0. The van der Waals surface area contributed by atoms with E-state index >= 15 is 0 Å². The summed E-state index contributed by atoms with van der Waals surface area (Å²) < 4.78 is 21.8. The highest BCUT2D eigenvalue weighted by molar-refractivity contribution is 7.94. The number of hydrogen-bond donors (Lipinski definition) is 2. The van der Waals surface area contributed by atoms with E-state index in [1.165, 1.54) is 5.41 Å². The molecule has 0 bridgehead atoms. The van der Waals surface area contributed by atoms with Gasteiger partial charge in [0.25, 0.3) is 0 Å². The first-order valence-corrected chi connectivity index (χ1v) is 5.61. The second kappa shape index (κ2) is 4.02. The summed E-state index contributed by atoms with van der Waals surface area (Å²) in [5, 5.41) is 12.7. The molecule has 1 unspecified atom stereocenters. The Morgan fingerprint density at radius 3 is 2.83 bits per heavy atom. The van der Waals surface area contributed by atoms with Crippen LogP contribution < -0.4 is 5.32 Å². The number of aliphatic hydroxyl groups excluding tert-OH is 1. The molecule has 0 aromatic heterocycles. The molecule has 1 atom stereocenters. The van der Waals surface area contributed by atoms with Crippen LogP contribution in [0.4, 0.5) is 0 Å². The van der Waals surface area contributed by atoms with Crippen molar-refractivity contribution in [2.24, 2.45) is 0 Å². The number of sulfone groups is 1. The smallest absolute Gasteiger partial charge is 0.173 e. The van der Waals surface area contributed by atoms with E-state index in [4.69, 9.17) is 5.11 Å². The van der Waals surface area contributed by atoms with Crippen molar-refractivity contribution < 1.29 is 13.5 Å². The highest BCUT2D eigenvalue weighted by Gasteiger charge is 2.20. The van der Waals surface area contributed by atoms with Gasteiger partial charge in [-0.15, -0.1) is 0 Å². The van der Waals surface area contributed by atoms with Crippen molar-refractivity contribution in [2.45, 2.75) is 12.5 Å². The van der Waals surface area contributed by atoms with Crippen LogP contribution in [-0.2, 0) is 9.84 Å². The fourth-order valence-electron chi connectivity index (χ4n) is 1.07. The van der Waals surface area contributed by atoms with E-state index in [1.54, 1.807) is 6.08 Å². The molecule has 5 heteroatoms. The van der Waals surface area contributed by atoms with Gasteiger partial charge in [-0.25, -0.2) is 8.42 Å². The summed E-state index contributed by atoms with van der Waals surface area (Å²) in [6, 6.07) is -0.0680. The van der Waals surface area contributed by atoms with E-state index in [9.17, 15) is 8.42 Å². The van der Waals surface area contributed by atoms with Crippen LogP contribution in [-0.4, -0.2) is 38.5 Å². The van der Waals surface area contributed by atoms with E-state index in [0.29, 0.717) is 13.0 Å². The Morgan fingerprint density at radius 1 is 1.58 bits per heavy atom. The van der Waals surface area contributed by atoms with Crippen molar-refractivity contribution in [3.63, 3.8) is 0 Å². The minimum Gasteiger partial charge on any atom is -0.396 e. The average Bonchev–Trinajstić information content (AvgIpc) is 2.31. The van der Waals surface area contributed by atoms with Crippen molar-refractivity contribution in [1.29, 1.82) is 0 Å². The van der Waals surface area contributed by atoms with Crippen molar-refractivity contribution in [2.75, 3.05) is 18.9 Å². The molecule has 0 fully saturated rings. The topological polar surface area (TPSA) is 66.4 Å². The fourth-order valence-corrected chi connectivity index (χ4v) is 2.34. The van der Waals surface area contributed by atoms with Crippen LogP contribution >= 0.6 is 0 Å². The molecule has 0 aromatic carbocycles. The molecule has 1 aliphatic rings. The molecule has 0 aromatic rings. The molecular formula is C7H13NO3S. The second-order valence-electron chi connectivity index (χ2n) is 2.80. The zero-order valence-corrected chi connectivity index (χ0v) is 7.55. The Bertz CT molecular complexity index is 258. The molecule has 0 amide bonds. The van der Waals surface area contributed by atoms with Crippen LogP contribution in [0, 0.1) is 0 Å². The zero-order chi connectivity index (χ0) is 9.03. The van der Waals surface area contributed by atoms with Gasteiger partial charge < -0.3 is 10.4 Å². The second-order valence-corrected chi connectivity index (χ2v) is 4.73. The zero-order valence-electron chi connectivity index (χ0n) is 6.73. The standard InChI is InChI=1S/C7H13NO3S/c9-4-1-3-8-7-2-5-12(10,11)6-7/h2,5,7-9H,1,3-4,6H2. The average molecular weight is 191 g/mol. The van der Waals surface area contributed by atoms with Gasteiger partial charge in [0.1, 0.15) is 0 Å². The number of nitrogens with one attached hydrogen (secondary N) is 1. The lowest BCUT2D eigenvalue weighted by atomic mass is 10.3. The first kappa shape index (κ1) is 9.70. The molecule has 1 aliphatic heterocycles. The van der Waals surface area contributed by atoms with Crippen molar-refractivity contribution in [1.82, 2.24) is 5.32 Å². The third kappa shape index (κ3) is 2.92. The molecule has 0 saturated carbocycles. The van der Waals surface area contributed by atoms with Crippen molar-refractivity contribution in [3.05, 3.63) is 11.5 Å². The monoisotopic (exact) mass is 191 g/mol. The quantitative estimate of drug-likeness (QED) is 0.575. The molecule has 0 saturated heterocycles. The maximum absolute atomic E-state index is 10.9. The first-order valence-electron chi connectivity index (χ1n) is 3.89. The van der Waals surface area contributed by atoms with Crippen LogP contribution in [0.1, 0.15) is 6.42 Å². The Hall–Kier alpha value is -0.390. The number of rotatable bonds is 4. The van der Waals surface area contributed by atoms with Crippen LogP contribution in [0.2, 0.25) is 0 Å². The summed E-state index contributed by atoms with van der Waals surface area (Å²) in [6.45, 7) is 0.789. The lowest BCUT2D eigenvalue weighted by molar-refractivity contribution is 0.285. The van der Waals surface area contributed by atoms with Crippen molar-refractivity contribution >= 4 is 9.84 Å². The highest BCUT2D eigenvalue weighted by Crippen LogP contribution is 2.07. The van der Waals surface area contributed by atoms with Crippen LogP contribution in [0.25, 0.3) is 0 Å². The summed E-state index contributed by atoms with van der Waals surface area (Å²) in [5.41, 5.74) is 0. The van der Waals surface area contributed by atoms with Gasteiger partial charge >= 0.3 is 0 Å². The first-order chi connectivity index (χ1) is 5.64. The van der Waals surface area contributed by atoms with Gasteiger partial charge in [-0.3, -0.25) is 0 Å². The molecule has 0 radical (unpaired) electrons. The van der Waals surface area contributed by atoms with Crippen LogP contribution in [0.3, 0.4) is 0 Å². The predicted molar refractivity (Wildman–Crippen MR) is 46.4 cm³/mol. The van der Waals surface area contributed by atoms with Crippen LogP contribution in [0.5, 0.6) is 0 Å². The Labute approximate surface area is 72.2 Å². The Balaban J connectivity index is 2.26. The largest absolute Gasteiger partial charge is 0.396 e. The maximum Gasteiger partial charge on any atom is 0.173 e. The van der Waals surface area contributed by atoms with Gasteiger partial charge in [-0.05, 0) is 13.0 Å². The maximum atomic E-state index is 10.9. The minimum absolute atomic E-state index is 0.0680. The molecule has 2 N–H and O–H groups in total. The van der Waals surface area contributed by atoms with Gasteiger partial charge in [0.15, 0.2) is 9.84 Å². The molecule has 0 spiro atoms. The highest BCUT2D eigenvalue weighted by atomic mass is 32.2.